The average molecular weight is 338 g/mol. The van der Waals surface area contributed by atoms with Crippen LogP contribution in [-0.2, 0) is 17.9 Å². The summed E-state index contributed by atoms with van der Waals surface area (Å²) in [7, 11) is 1.95. The Hall–Kier alpha value is -2.24. The van der Waals surface area contributed by atoms with Crippen molar-refractivity contribution in [3.63, 3.8) is 0 Å². The van der Waals surface area contributed by atoms with Gasteiger partial charge in [0, 0.05) is 31.2 Å². The minimum Gasteiger partial charge on any atom is -0.325 e. The highest BCUT2D eigenvalue weighted by Gasteiger charge is 2.15. The Morgan fingerprint density at radius 3 is 2.76 bits per heavy atom. The highest BCUT2D eigenvalue weighted by molar-refractivity contribution is 5.92. The monoisotopic (exact) mass is 338 g/mol. The van der Waals surface area contributed by atoms with E-state index in [1.165, 1.54) is 18.4 Å². The lowest BCUT2D eigenvalue weighted by Crippen LogP contribution is -2.30. The lowest BCUT2D eigenvalue weighted by atomic mass is 10.1. The van der Waals surface area contributed by atoms with Crippen molar-refractivity contribution in [3.8, 4) is 0 Å². The summed E-state index contributed by atoms with van der Waals surface area (Å²) < 4.78 is 0. The zero-order chi connectivity index (χ0) is 17.5. The molecule has 1 aromatic heterocycles. The fourth-order valence-corrected chi connectivity index (χ4v) is 3.26. The Morgan fingerprint density at radius 1 is 1.20 bits per heavy atom. The number of nitrogens with zero attached hydrogens (tertiary/aromatic N) is 3. The minimum absolute atomic E-state index is 0.0141. The number of para-hydroxylation sites is 1. The quantitative estimate of drug-likeness (QED) is 0.843. The van der Waals surface area contributed by atoms with Gasteiger partial charge in [0.1, 0.15) is 0 Å². The topological polar surface area (TPSA) is 48.5 Å². The Morgan fingerprint density at radius 2 is 2.00 bits per heavy atom. The van der Waals surface area contributed by atoms with Crippen molar-refractivity contribution in [2.24, 2.45) is 0 Å². The van der Waals surface area contributed by atoms with Crippen molar-refractivity contribution in [2.75, 3.05) is 32.0 Å². The first kappa shape index (κ1) is 17.6. The number of amides is 1. The zero-order valence-electron chi connectivity index (χ0n) is 14.8. The van der Waals surface area contributed by atoms with Crippen LogP contribution in [0.3, 0.4) is 0 Å². The van der Waals surface area contributed by atoms with Crippen LogP contribution in [0.2, 0.25) is 0 Å². The Balaban J connectivity index is 1.55. The number of carbonyl (C=O) groups is 1. The second kappa shape index (κ2) is 8.74. The molecule has 25 heavy (non-hydrogen) atoms. The van der Waals surface area contributed by atoms with E-state index in [0.29, 0.717) is 13.1 Å². The van der Waals surface area contributed by atoms with Crippen molar-refractivity contribution in [1.29, 1.82) is 0 Å². The zero-order valence-corrected chi connectivity index (χ0v) is 14.8. The van der Waals surface area contributed by atoms with Gasteiger partial charge < -0.3 is 5.32 Å². The van der Waals surface area contributed by atoms with Crippen LogP contribution in [-0.4, -0.2) is 47.4 Å². The molecule has 5 nitrogen and oxygen atoms in total. The van der Waals surface area contributed by atoms with Crippen LogP contribution in [0.1, 0.15) is 24.0 Å². The predicted octanol–water partition coefficient (Wildman–Crippen LogP) is 2.75. The summed E-state index contributed by atoms with van der Waals surface area (Å²) in [4.78, 5) is 21.0. The van der Waals surface area contributed by atoms with Crippen LogP contribution in [0.25, 0.3) is 0 Å². The van der Waals surface area contributed by atoms with Gasteiger partial charge in [0.05, 0.1) is 6.54 Å². The maximum Gasteiger partial charge on any atom is 0.238 e. The number of hydrogen-bond donors (Lipinski definition) is 1. The summed E-state index contributed by atoms with van der Waals surface area (Å²) in [5, 5.41) is 3.08. The van der Waals surface area contributed by atoms with Crippen LogP contribution < -0.4 is 5.32 Å². The molecule has 2 heterocycles. The summed E-state index contributed by atoms with van der Waals surface area (Å²) in [6.07, 6.45) is 6.13. The number of likely N-dealkylation sites (N-methyl/N-ethyl adjacent to an activating group) is 1. The van der Waals surface area contributed by atoms with Gasteiger partial charge in [0.25, 0.3) is 0 Å². The number of rotatable bonds is 7. The first-order chi connectivity index (χ1) is 12.2. The fourth-order valence-electron chi connectivity index (χ4n) is 3.26. The van der Waals surface area contributed by atoms with Gasteiger partial charge in [-0.05, 0) is 56.2 Å². The summed E-state index contributed by atoms with van der Waals surface area (Å²) >= 11 is 0. The third-order valence-corrected chi connectivity index (χ3v) is 4.47. The van der Waals surface area contributed by atoms with E-state index in [4.69, 9.17) is 0 Å². The summed E-state index contributed by atoms with van der Waals surface area (Å²) in [6.45, 7) is 4.26. The van der Waals surface area contributed by atoms with Gasteiger partial charge in [-0.1, -0.05) is 24.3 Å². The number of pyridine rings is 1. The largest absolute Gasteiger partial charge is 0.325 e. The van der Waals surface area contributed by atoms with E-state index >= 15 is 0 Å². The molecule has 3 rings (SSSR count). The number of aromatic nitrogens is 1. The number of likely N-dealkylation sites (tertiary alicyclic amines) is 1. The molecule has 1 amide bonds. The molecule has 1 aromatic carbocycles. The molecule has 1 N–H and O–H groups in total. The smallest absolute Gasteiger partial charge is 0.238 e. The van der Waals surface area contributed by atoms with Crippen LogP contribution >= 0.6 is 0 Å². The summed E-state index contributed by atoms with van der Waals surface area (Å²) in [5.74, 6) is 0.0141. The molecular formula is C20H26N4O. The normalized spacial score (nSPS) is 14.8. The molecule has 0 unspecified atom stereocenters. The third-order valence-electron chi connectivity index (χ3n) is 4.47. The van der Waals surface area contributed by atoms with E-state index in [0.717, 1.165) is 30.9 Å². The molecule has 132 valence electrons. The molecule has 1 fully saturated rings. The molecule has 1 aliphatic rings. The highest BCUT2D eigenvalue weighted by atomic mass is 16.2. The van der Waals surface area contributed by atoms with Crippen LogP contribution in [0, 0.1) is 0 Å². The second-order valence-electron chi connectivity index (χ2n) is 6.72. The number of nitrogens with one attached hydrogen (secondary N) is 1. The Labute approximate surface area is 149 Å². The molecule has 1 saturated heterocycles. The van der Waals surface area contributed by atoms with Crippen molar-refractivity contribution in [1.82, 2.24) is 14.8 Å². The number of hydrogen-bond acceptors (Lipinski definition) is 4. The van der Waals surface area contributed by atoms with E-state index in [-0.39, 0.29) is 5.91 Å². The van der Waals surface area contributed by atoms with Gasteiger partial charge in [-0.15, -0.1) is 0 Å². The van der Waals surface area contributed by atoms with Crippen LogP contribution in [0.5, 0.6) is 0 Å². The van der Waals surface area contributed by atoms with Crippen molar-refractivity contribution >= 4 is 11.6 Å². The van der Waals surface area contributed by atoms with E-state index in [9.17, 15) is 4.79 Å². The molecule has 0 aliphatic carbocycles. The number of anilines is 1. The molecule has 2 aromatic rings. The van der Waals surface area contributed by atoms with Gasteiger partial charge in [0.15, 0.2) is 0 Å². The molecule has 0 bridgehead atoms. The summed E-state index contributed by atoms with van der Waals surface area (Å²) in [6, 6.07) is 12.0. The van der Waals surface area contributed by atoms with Crippen LogP contribution in [0.15, 0.2) is 48.8 Å². The van der Waals surface area contributed by atoms with E-state index in [1.54, 1.807) is 6.20 Å². The van der Waals surface area contributed by atoms with Crippen molar-refractivity contribution in [3.05, 3.63) is 59.9 Å². The lowest BCUT2D eigenvalue weighted by molar-refractivity contribution is -0.117. The maximum absolute atomic E-state index is 12.4. The van der Waals surface area contributed by atoms with Gasteiger partial charge in [-0.3, -0.25) is 19.6 Å². The molecule has 5 heteroatoms. The predicted molar refractivity (Wildman–Crippen MR) is 100 cm³/mol. The Kier molecular flexibility index (Phi) is 6.14. The van der Waals surface area contributed by atoms with Crippen molar-refractivity contribution in [2.45, 2.75) is 25.9 Å². The molecular weight excluding hydrogens is 312 g/mol. The second-order valence-corrected chi connectivity index (χ2v) is 6.72. The van der Waals surface area contributed by atoms with E-state index < -0.39 is 0 Å². The number of carbonyl (C=O) groups excluding carboxylic acids is 1. The van der Waals surface area contributed by atoms with Gasteiger partial charge in [0.2, 0.25) is 5.91 Å². The first-order valence-electron chi connectivity index (χ1n) is 8.88. The highest BCUT2D eigenvalue weighted by Crippen LogP contribution is 2.20. The third kappa shape index (κ3) is 5.37. The standard InChI is InChI=1S/C20H26N4O/c1-23(14-17-7-6-10-21-13-17)16-20(25)22-19-9-3-2-8-18(19)15-24-11-4-5-12-24/h2-3,6-10,13H,4-5,11-12,14-16H2,1H3,(H,22,25). The van der Waals surface area contributed by atoms with Crippen LogP contribution in [0.4, 0.5) is 5.69 Å². The lowest BCUT2D eigenvalue weighted by Gasteiger charge is -2.19. The molecule has 1 aliphatic heterocycles. The molecule has 0 spiro atoms. The van der Waals surface area contributed by atoms with Gasteiger partial charge >= 0.3 is 0 Å². The minimum atomic E-state index is 0.0141. The molecule has 0 radical (unpaired) electrons. The Bertz CT molecular complexity index is 683. The van der Waals surface area contributed by atoms with E-state index in [2.05, 4.69) is 21.3 Å². The molecule has 0 saturated carbocycles. The fraction of sp³-hybridized carbons (Fsp3) is 0.400. The van der Waals surface area contributed by atoms with Crippen molar-refractivity contribution < 1.29 is 4.79 Å². The maximum atomic E-state index is 12.4. The average Bonchev–Trinajstić information content (AvgIpc) is 3.10. The molecule has 0 atom stereocenters. The van der Waals surface area contributed by atoms with Gasteiger partial charge in [-0.2, -0.15) is 0 Å². The number of benzene rings is 1. The van der Waals surface area contributed by atoms with E-state index in [1.807, 2.05) is 48.5 Å². The first-order valence-corrected chi connectivity index (χ1v) is 8.88. The SMILES string of the molecule is CN(CC(=O)Nc1ccccc1CN1CCCC1)Cc1cccnc1. The van der Waals surface area contributed by atoms with Gasteiger partial charge in [-0.25, -0.2) is 0 Å². The summed E-state index contributed by atoms with van der Waals surface area (Å²) in [5.41, 5.74) is 3.22.